The lowest BCUT2D eigenvalue weighted by molar-refractivity contribution is -0.135. The molecule has 1 aliphatic heterocycles. The van der Waals surface area contributed by atoms with Gasteiger partial charge in [-0.05, 0) is 43.2 Å². The highest BCUT2D eigenvalue weighted by Gasteiger charge is 2.44. The van der Waals surface area contributed by atoms with Crippen LogP contribution >= 0.6 is 0 Å². The Labute approximate surface area is 150 Å². The van der Waals surface area contributed by atoms with E-state index in [1.807, 2.05) is 0 Å². The van der Waals surface area contributed by atoms with Crippen LogP contribution in [0.5, 0.6) is 0 Å². The third-order valence-electron chi connectivity index (χ3n) is 4.93. The first-order valence-electron chi connectivity index (χ1n) is 8.36. The van der Waals surface area contributed by atoms with E-state index in [9.17, 15) is 18.4 Å². The first kappa shape index (κ1) is 18.0. The maximum atomic E-state index is 13.7. The second kappa shape index (κ2) is 6.86. The van der Waals surface area contributed by atoms with E-state index >= 15 is 0 Å². The van der Waals surface area contributed by atoms with Crippen molar-refractivity contribution in [1.29, 1.82) is 0 Å². The van der Waals surface area contributed by atoms with Crippen molar-refractivity contribution < 1.29 is 18.4 Å². The third-order valence-corrected chi connectivity index (χ3v) is 4.93. The van der Waals surface area contributed by atoms with Gasteiger partial charge in [0.15, 0.2) is 0 Å². The summed E-state index contributed by atoms with van der Waals surface area (Å²) >= 11 is 0. The number of hydrogen-bond donors (Lipinski definition) is 1. The van der Waals surface area contributed by atoms with Gasteiger partial charge in [0.25, 0.3) is 0 Å². The van der Waals surface area contributed by atoms with Crippen molar-refractivity contribution in [2.75, 3.05) is 18.9 Å². The van der Waals surface area contributed by atoms with Crippen LogP contribution in [0.25, 0.3) is 0 Å². The molecule has 0 unspecified atom stereocenters. The molecule has 1 aliphatic rings. The lowest BCUT2D eigenvalue weighted by Gasteiger charge is -2.18. The fourth-order valence-electron chi connectivity index (χ4n) is 3.34. The number of carbonyl (C=O) groups is 2. The molecule has 0 aromatic heterocycles. The molecular weight excluding hydrogens is 338 g/mol. The second-order valence-electron chi connectivity index (χ2n) is 6.71. The zero-order chi connectivity index (χ0) is 19.0. The second-order valence-corrected chi connectivity index (χ2v) is 6.71. The lowest BCUT2D eigenvalue weighted by atomic mass is 9.87. The Hall–Kier alpha value is -2.76. The van der Waals surface area contributed by atoms with Gasteiger partial charge in [-0.15, -0.1) is 0 Å². The first-order chi connectivity index (χ1) is 12.3. The molecular formula is C20H20F2N2O2. The van der Waals surface area contributed by atoms with E-state index in [2.05, 4.69) is 5.32 Å². The number of anilines is 1. The average molecular weight is 358 g/mol. The Kier molecular flexibility index (Phi) is 4.76. The summed E-state index contributed by atoms with van der Waals surface area (Å²) in [6.45, 7) is 3.57. The molecule has 0 spiro atoms. The van der Waals surface area contributed by atoms with E-state index in [4.69, 9.17) is 0 Å². The van der Waals surface area contributed by atoms with E-state index < -0.39 is 17.6 Å². The Morgan fingerprint density at radius 3 is 2.58 bits per heavy atom. The van der Waals surface area contributed by atoms with Gasteiger partial charge in [0.05, 0.1) is 0 Å². The van der Waals surface area contributed by atoms with Crippen LogP contribution in [0.1, 0.15) is 22.6 Å². The van der Waals surface area contributed by atoms with Gasteiger partial charge in [-0.3, -0.25) is 9.59 Å². The van der Waals surface area contributed by atoms with Crippen molar-refractivity contribution >= 4 is 17.5 Å². The van der Waals surface area contributed by atoms with Gasteiger partial charge in [0.1, 0.15) is 17.6 Å². The molecule has 1 N–H and O–H groups in total. The van der Waals surface area contributed by atoms with E-state index in [1.165, 1.54) is 23.1 Å². The fraction of sp³-hybridized carbons (Fsp3) is 0.300. The molecule has 4 nitrogen and oxygen atoms in total. The van der Waals surface area contributed by atoms with Gasteiger partial charge in [-0.2, -0.15) is 0 Å². The number of benzene rings is 2. The SMILES string of the molecule is Cc1cc([C@H]2CN(C)C(=O)[C@@H]2C(=O)Nc2cccc(F)c2C)ccc1F. The highest BCUT2D eigenvalue weighted by atomic mass is 19.1. The number of carbonyl (C=O) groups excluding carboxylic acids is 2. The number of nitrogens with zero attached hydrogens (tertiary/aromatic N) is 1. The normalized spacial score (nSPS) is 19.7. The van der Waals surface area contributed by atoms with Crippen molar-refractivity contribution in [2.45, 2.75) is 19.8 Å². The van der Waals surface area contributed by atoms with E-state index in [0.717, 1.165) is 5.56 Å². The minimum absolute atomic E-state index is 0.302. The highest BCUT2D eigenvalue weighted by molar-refractivity contribution is 6.08. The molecule has 2 amide bonds. The molecule has 2 atom stereocenters. The summed E-state index contributed by atoms with van der Waals surface area (Å²) < 4.78 is 27.3. The van der Waals surface area contributed by atoms with Crippen LogP contribution < -0.4 is 5.32 Å². The van der Waals surface area contributed by atoms with Crippen molar-refractivity contribution in [3.05, 3.63) is 64.7 Å². The topological polar surface area (TPSA) is 49.4 Å². The van der Waals surface area contributed by atoms with Crippen LogP contribution in [0.3, 0.4) is 0 Å². The quantitative estimate of drug-likeness (QED) is 0.855. The molecule has 136 valence electrons. The Balaban J connectivity index is 1.91. The Morgan fingerprint density at radius 2 is 1.88 bits per heavy atom. The summed E-state index contributed by atoms with van der Waals surface area (Å²) in [5.74, 6) is -2.87. The van der Waals surface area contributed by atoms with Crippen LogP contribution in [-0.4, -0.2) is 30.3 Å². The minimum atomic E-state index is -0.937. The lowest BCUT2D eigenvalue weighted by Crippen LogP contribution is -2.33. The average Bonchev–Trinajstić information content (AvgIpc) is 2.89. The smallest absolute Gasteiger partial charge is 0.237 e. The Morgan fingerprint density at radius 1 is 1.15 bits per heavy atom. The van der Waals surface area contributed by atoms with Gasteiger partial charge in [-0.25, -0.2) is 8.78 Å². The zero-order valence-corrected chi connectivity index (χ0v) is 14.8. The molecule has 3 rings (SSSR count). The maximum Gasteiger partial charge on any atom is 0.237 e. The monoisotopic (exact) mass is 358 g/mol. The van der Waals surface area contributed by atoms with Crippen LogP contribution in [0.15, 0.2) is 36.4 Å². The van der Waals surface area contributed by atoms with E-state index in [1.54, 1.807) is 39.1 Å². The fourth-order valence-corrected chi connectivity index (χ4v) is 3.34. The molecule has 1 heterocycles. The minimum Gasteiger partial charge on any atom is -0.344 e. The van der Waals surface area contributed by atoms with Crippen molar-refractivity contribution in [3.8, 4) is 0 Å². The number of likely N-dealkylation sites (tertiary alicyclic amines) is 1. The van der Waals surface area contributed by atoms with Crippen LogP contribution in [0.4, 0.5) is 14.5 Å². The van der Waals surface area contributed by atoms with Crippen molar-refractivity contribution in [3.63, 3.8) is 0 Å². The zero-order valence-electron chi connectivity index (χ0n) is 14.8. The van der Waals surface area contributed by atoms with Crippen LogP contribution in [-0.2, 0) is 9.59 Å². The van der Waals surface area contributed by atoms with E-state index in [0.29, 0.717) is 23.4 Å². The molecule has 0 radical (unpaired) electrons. The molecule has 0 saturated carbocycles. The number of rotatable bonds is 3. The molecule has 2 aromatic rings. The molecule has 1 saturated heterocycles. The third kappa shape index (κ3) is 3.19. The number of aryl methyl sites for hydroxylation is 1. The predicted molar refractivity (Wildman–Crippen MR) is 94.8 cm³/mol. The first-order valence-corrected chi connectivity index (χ1v) is 8.36. The Bertz CT molecular complexity index is 882. The standard InChI is InChI=1S/C20H20F2N2O2/c1-11-9-13(7-8-15(11)21)14-10-24(3)20(26)18(14)19(25)23-17-6-4-5-16(22)12(17)2/h4-9,14,18H,10H2,1-3H3,(H,23,25)/t14-,18+/m1/s1. The summed E-state index contributed by atoms with van der Waals surface area (Å²) in [6.07, 6.45) is 0. The van der Waals surface area contributed by atoms with E-state index in [-0.39, 0.29) is 17.6 Å². The number of amides is 2. The molecule has 0 aliphatic carbocycles. The van der Waals surface area contributed by atoms with Gasteiger partial charge in [-0.1, -0.05) is 18.2 Å². The van der Waals surface area contributed by atoms with Gasteiger partial charge >= 0.3 is 0 Å². The summed E-state index contributed by atoms with van der Waals surface area (Å²) in [6, 6.07) is 9.02. The predicted octanol–water partition coefficient (Wildman–Crippen LogP) is 3.39. The van der Waals surface area contributed by atoms with Crippen molar-refractivity contribution in [1.82, 2.24) is 4.90 Å². The van der Waals surface area contributed by atoms with Gasteiger partial charge in [0.2, 0.25) is 11.8 Å². The number of halogens is 2. The molecule has 0 bridgehead atoms. The largest absolute Gasteiger partial charge is 0.344 e. The summed E-state index contributed by atoms with van der Waals surface area (Å²) in [5, 5.41) is 2.67. The number of likely N-dealkylation sites (N-methyl/N-ethyl adjacent to an activating group) is 1. The molecule has 1 fully saturated rings. The summed E-state index contributed by atoms with van der Waals surface area (Å²) in [7, 11) is 1.63. The summed E-state index contributed by atoms with van der Waals surface area (Å²) in [5.41, 5.74) is 1.85. The highest BCUT2D eigenvalue weighted by Crippen LogP contribution is 2.35. The van der Waals surface area contributed by atoms with Gasteiger partial charge < -0.3 is 10.2 Å². The maximum absolute atomic E-state index is 13.7. The van der Waals surface area contributed by atoms with Gasteiger partial charge in [0, 0.05) is 30.8 Å². The molecule has 2 aromatic carbocycles. The molecule has 26 heavy (non-hydrogen) atoms. The molecule has 6 heteroatoms. The van der Waals surface area contributed by atoms with Crippen LogP contribution in [0, 0.1) is 31.4 Å². The summed E-state index contributed by atoms with van der Waals surface area (Å²) in [4.78, 5) is 26.8. The van der Waals surface area contributed by atoms with Crippen molar-refractivity contribution in [2.24, 2.45) is 5.92 Å². The van der Waals surface area contributed by atoms with Crippen LogP contribution in [0.2, 0.25) is 0 Å². The number of hydrogen-bond acceptors (Lipinski definition) is 2. The number of nitrogens with one attached hydrogen (secondary N) is 1.